The third-order valence-electron chi connectivity index (χ3n) is 4.67. The summed E-state index contributed by atoms with van der Waals surface area (Å²) in [7, 11) is -0.140. The number of fused-ring (bicyclic) bond motifs is 1. The van der Waals surface area contributed by atoms with Gasteiger partial charge in [0.2, 0.25) is 10.0 Å². The van der Waals surface area contributed by atoms with Gasteiger partial charge in [-0.3, -0.25) is 0 Å². The van der Waals surface area contributed by atoms with Crippen molar-refractivity contribution in [2.24, 2.45) is 0 Å². The summed E-state index contributed by atoms with van der Waals surface area (Å²) in [5.74, 6) is 1.36. The SMILES string of the molecule is CCS(=O)(=O)N1CCc2cc(OC)c(OC)cc2C1c1ccccc1. The molecule has 0 fully saturated rings. The van der Waals surface area contributed by atoms with E-state index in [0.29, 0.717) is 24.5 Å². The zero-order valence-electron chi connectivity index (χ0n) is 14.7. The van der Waals surface area contributed by atoms with Crippen LogP contribution in [-0.4, -0.2) is 39.2 Å². The molecule has 1 aliphatic heterocycles. The molecule has 0 aliphatic carbocycles. The molecule has 0 amide bonds. The third-order valence-corrected chi connectivity index (χ3v) is 6.50. The Balaban J connectivity index is 2.21. The minimum Gasteiger partial charge on any atom is -0.493 e. The predicted octanol–water partition coefficient (Wildman–Crippen LogP) is 3.00. The topological polar surface area (TPSA) is 55.8 Å². The molecule has 0 N–H and O–H groups in total. The van der Waals surface area contributed by atoms with E-state index >= 15 is 0 Å². The Morgan fingerprint density at radius 3 is 2.32 bits per heavy atom. The van der Waals surface area contributed by atoms with Crippen LogP contribution in [0.5, 0.6) is 11.5 Å². The second-order valence-electron chi connectivity index (χ2n) is 5.98. The van der Waals surface area contributed by atoms with Crippen LogP contribution in [-0.2, 0) is 16.4 Å². The van der Waals surface area contributed by atoms with Crippen LogP contribution in [0.3, 0.4) is 0 Å². The van der Waals surface area contributed by atoms with Crippen molar-refractivity contribution in [3.8, 4) is 11.5 Å². The number of hydrogen-bond donors (Lipinski definition) is 0. The smallest absolute Gasteiger partial charge is 0.214 e. The normalized spacial score (nSPS) is 17.8. The Hall–Kier alpha value is -2.05. The lowest BCUT2D eigenvalue weighted by Gasteiger charge is -2.37. The molecule has 25 heavy (non-hydrogen) atoms. The van der Waals surface area contributed by atoms with Crippen molar-refractivity contribution < 1.29 is 17.9 Å². The first-order valence-electron chi connectivity index (χ1n) is 8.31. The van der Waals surface area contributed by atoms with Crippen molar-refractivity contribution in [1.29, 1.82) is 0 Å². The van der Waals surface area contributed by atoms with Gasteiger partial charge in [-0.2, -0.15) is 4.31 Å². The molecule has 0 saturated carbocycles. The lowest BCUT2D eigenvalue weighted by atomic mass is 9.89. The zero-order chi connectivity index (χ0) is 18.0. The fraction of sp³-hybridized carbons (Fsp3) is 0.368. The van der Waals surface area contributed by atoms with Gasteiger partial charge in [-0.15, -0.1) is 0 Å². The van der Waals surface area contributed by atoms with E-state index in [2.05, 4.69) is 0 Å². The molecule has 5 nitrogen and oxygen atoms in total. The van der Waals surface area contributed by atoms with E-state index in [4.69, 9.17) is 9.47 Å². The maximum Gasteiger partial charge on any atom is 0.214 e. The second kappa shape index (κ2) is 7.06. The van der Waals surface area contributed by atoms with Gasteiger partial charge in [0.05, 0.1) is 26.0 Å². The molecule has 1 atom stereocenters. The summed E-state index contributed by atoms with van der Waals surface area (Å²) < 4.78 is 37.8. The summed E-state index contributed by atoms with van der Waals surface area (Å²) in [5, 5.41) is 0. The Kier molecular flexibility index (Phi) is 5.01. The monoisotopic (exact) mass is 361 g/mol. The Morgan fingerprint density at radius 2 is 1.72 bits per heavy atom. The van der Waals surface area contributed by atoms with E-state index in [1.807, 2.05) is 42.5 Å². The van der Waals surface area contributed by atoms with Crippen molar-refractivity contribution in [2.45, 2.75) is 19.4 Å². The van der Waals surface area contributed by atoms with Crippen molar-refractivity contribution in [2.75, 3.05) is 26.5 Å². The Bertz CT molecular complexity index is 849. The van der Waals surface area contributed by atoms with E-state index < -0.39 is 10.0 Å². The average molecular weight is 361 g/mol. The van der Waals surface area contributed by atoms with Crippen LogP contribution in [0, 0.1) is 0 Å². The molecule has 1 unspecified atom stereocenters. The molecule has 1 aliphatic rings. The first kappa shape index (κ1) is 17.8. The molecule has 2 aromatic rings. The molecule has 3 rings (SSSR count). The average Bonchev–Trinajstić information content (AvgIpc) is 2.66. The second-order valence-corrected chi connectivity index (χ2v) is 8.19. The molecule has 2 aromatic carbocycles. The number of nitrogens with zero attached hydrogens (tertiary/aromatic N) is 1. The van der Waals surface area contributed by atoms with Crippen LogP contribution in [0.4, 0.5) is 0 Å². The summed E-state index contributed by atoms with van der Waals surface area (Å²) in [4.78, 5) is 0. The summed E-state index contributed by atoms with van der Waals surface area (Å²) in [6.45, 7) is 2.14. The van der Waals surface area contributed by atoms with Gasteiger partial charge in [0, 0.05) is 6.54 Å². The Morgan fingerprint density at radius 1 is 1.08 bits per heavy atom. The minimum absolute atomic E-state index is 0.0823. The van der Waals surface area contributed by atoms with Crippen molar-refractivity contribution in [3.05, 3.63) is 59.2 Å². The molecular formula is C19H23NO4S. The van der Waals surface area contributed by atoms with E-state index in [1.54, 1.807) is 25.4 Å². The fourth-order valence-electron chi connectivity index (χ4n) is 3.37. The van der Waals surface area contributed by atoms with E-state index in [1.165, 1.54) is 0 Å². The highest BCUT2D eigenvalue weighted by atomic mass is 32.2. The predicted molar refractivity (Wildman–Crippen MR) is 97.7 cm³/mol. The molecule has 0 saturated heterocycles. The summed E-state index contributed by atoms with van der Waals surface area (Å²) >= 11 is 0. The zero-order valence-corrected chi connectivity index (χ0v) is 15.5. The first-order chi connectivity index (χ1) is 12.0. The number of hydrogen-bond acceptors (Lipinski definition) is 4. The van der Waals surface area contributed by atoms with Crippen LogP contribution in [0.25, 0.3) is 0 Å². The lowest BCUT2D eigenvalue weighted by Crippen LogP contribution is -2.41. The summed E-state index contributed by atoms with van der Waals surface area (Å²) in [6.07, 6.45) is 0.651. The van der Waals surface area contributed by atoms with Gasteiger partial charge in [0.1, 0.15) is 0 Å². The van der Waals surface area contributed by atoms with Gasteiger partial charge in [0.15, 0.2) is 11.5 Å². The molecule has 0 spiro atoms. The molecular weight excluding hydrogens is 338 g/mol. The number of ether oxygens (including phenoxy) is 2. The molecule has 0 bridgehead atoms. The van der Waals surface area contributed by atoms with Crippen LogP contribution in [0.2, 0.25) is 0 Å². The Labute approximate surface area is 149 Å². The molecule has 0 aromatic heterocycles. The first-order valence-corrected chi connectivity index (χ1v) is 9.92. The van der Waals surface area contributed by atoms with Gasteiger partial charge in [-0.1, -0.05) is 30.3 Å². The van der Waals surface area contributed by atoms with E-state index in [0.717, 1.165) is 16.7 Å². The number of methoxy groups -OCH3 is 2. The van der Waals surface area contributed by atoms with Crippen LogP contribution in [0.1, 0.15) is 29.7 Å². The third kappa shape index (κ3) is 3.24. The van der Waals surface area contributed by atoms with Crippen molar-refractivity contribution >= 4 is 10.0 Å². The van der Waals surface area contributed by atoms with Gasteiger partial charge in [0.25, 0.3) is 0 Å². The molecule has 134 valence electrons. The minimum atomic E-state index is -3.34. The van der Waals surface area contributed by atoms with Gasteiger partial charge < -0.3 is 9.47 Å². The highest BCUT2D eigenvalue weighted by Crippen LogP contribution is 2.42. The number of benzene rings is 2. The van der Waals surface area contributed by atoms with Crippen molar-refractivity contribution in [1.82, 2.24) is 4.31 Å². The number of rotatable bonds is 5. The molecule has 6 heteroatoms. The highest BCUT2D eigenvalue weighted by molar-refractivity contribution is 7.89. The van der Waals surface area contributed by atoms with E-state index in [-0.39, 0.29) is 11.8 Å². The standard InChI is InChI=1S/C19H23NO4S/c1-4-25(21,22)20-11-10-15-12-17(23-2)18(24-3)13-16(15)19(20)14-8-6-5-7-9-14/h5-9,12-13,19H,4,10-11H2,1-3H3. The number of sulfonamides is 1. The largest absolute Gasteiger partial charge is 0.493 e. The van der Waals surface area contributed by atoms with Gasteiger partial charge >= 0.3 is 0 Å². The van der Waals surface area contributed by atoms with Crippen molar-refractivity contribution in [3.63, 3.8) is 0 Å². The highest BCUT2D eigenvalue weighted by Gasteiger charge is 2.36. The van der Waals surface area contributed by atoms with Crippen LogP contribution in [0.15, 0.2) is 42.5 Å². The summed E-state index contributed by atoms with van der Waals surface area (Å²) in [5.41, 5.74) is 2.99. The van der Waals surface area contributed by atoms with Crippen LogP contribution >= 0.6 is 0 Å². The molecule has 0 radical (unpaired) electrons. The molecule has 1 heterocycles. The van der Waals surface area contributed by atoms with Crippen LogP contribution < -0.4 is 9.47 Å². The summed E-state index contributed by atoms with van der Waals surface area (Å²) in [6, 6.07) is 13.2. The van der Waals surface area contributed by atoms with Gasteiger partial charge in [-0.25, -0.2) is 8.42 Å². The van der Waals surface area contributed by atoms with Gasteiger partial charge in [-0.05, 0) is 42.2 Å². The fourth-order valence-corrected chi connectivity index (χ4v) is 4.63. The lowest BCUT2D eigenvalue weighted by molar-refractivity contribution is 0.332. The quantitative estimate of drug-likeness (QED) is 0.821. The maximum absolute atomic E-state index is 12.7. The maximum atomic E-state index is 12.7. The van der Waals surface area contributed by atoms with E-state index in [9.17, 15) is 8.42 Å².